The second kappa shape index (κ2) is 5.78. The zero-order valence-corrected chi connectivity index (χ0v) is 13.6. The molecule has 2 aromatic heterocycles. The molecule has 0 fully saturated rings. The highest BCUT2D eigenvalue weighted by atomic mass is 35.5. The summed E-state index contributed by atoms with van der Waals surface area (Å²) in [6, 6.07) is 12.1. The molecule has 1 aliphatic rings. The van der Waals surface area contributed by atoms with E-state index in [4.69, 9.17) is 16.7 Å². The summed E-state index contributed by atoms with van der Waals surface area (Å²) < 4.78 is 2.02. The first-order valence-electron chi connectivity index (χ1n) is 7.48. The summed E-state index contributed by atoms with van der Waals surface area (Å²) in [5, 5.41) is 11.3. The average Bonchev–Trinajstić information content (AvgIpc) is 3.10. The Morgan fingerprint density at radius 1 is 1.14 bits per heavy atom. The molecule has 3 heterocycles. The van der Waals surface area contributed by atoms with Gasteiger partial charge in [0.2, 0.25) is 0 Å². The summed E-state index contributed by atoms with van der Waals surface area (Å²) in [6.45, 7) is 0.996. The fourth-order valence-electron chi connectivity index (χ4n) is 2.88. The van der Waals surface area contributed by atoms with E-state index >= 15 is 0 Å². The number of hydrogen-bond acceptors (Lipinski definition) is 3. The molecule has 0 amide bonds. The Labute approximate surface area is 138 Å². The van der Waals surface area contributed by atoms with Crippen molar-refractivity contribution in [2.24, 2.45) is 0 Å². The SMILES string of the molecule is Clc1ccc(-n2nc(-c3cccs3)c3c2NCCCC3)cc1. The molecule has 0 radical (unpaired) electrons. The van der Waals surface area contributed by atoms with E-state index in [9.17, 15) is 0 Å². The summed E-state index contributed by atoms with van der Waals surface area (Å²) in [7, 11) is 0. The molecule has 112 valence electrons. The number of nitrogens with zero attached hydrogens (tertiary/aromatic N) is 2. The van der Waals surface area contributed by atoms with Crippen LogP contribution in [0.1, 0.15) is 18.4 Å². The van der Waals surface area contributed by atoms with Crippen LogP contribution in [0.3, 0.4) is 0 Å². The summed E-state index contributed by atoms with van der Waals surface area (Å²) in [4.78, 5) is 1.23. The van der Waals surface area contributed by atoms with E-state index < -0.39 is 0 Å². The maximum Gasteiger partial charge on any atom is 0.133 e. The van der Waals surface area contributed by atoms with E-state index in [0.717, 1.165) is 35.2 Å². The summed E-state index contributed by atoms with van der Waals surface area (Å²) in [5.41, 5.74) is 3.47. The number of hydrogen-bond donors (Lipinski definition) is 1. The van der Waals surface area contributed by atoms with Crippen LogP contribution in [0.2, 0.25) is 5.02 Å². The van der Waals surface area contributed by atoms with Gasteiger partial charge >= 0.3 is 0 Å². The highest BCUT2D eigenvalue weighted by Crippen LogP contribution is 2.35. The molecular formula is C17H16ClN3S. The predicted octanol–water partition coefficient (Wildman–Crippen LogP) is 5.00. The molecule has 4 rings (SSSR count). The minimum atomic E-state index is 0.744. The zero-order chi connectivity index (χ0) is 14.9. The Bertz CT molecular complexity index is 775. The van der Waals surface area contributed by atoms with E-state index in [2.05, 4.69) is 22.8 Å². The minimum Gasteiger partial charge on any atom is -0.370 e. The smallest absolute Gasteiger partial charge is 0.133 e. The van der Waals surface area contributed by atoms with Gasteiger partial charge in [-0.25, -0.2) is 4.68 Å². The van der Waals surface area contributed by atoms with Gasteiger partial charge in [-0.1, -0.05) is 17.7 Å². The Balaban J connectivity index is 1.89. The van der Waals surface area contributed by atoms with E-state index in [-0.39, 0.29) is 0 Å². The summed E-state index contributed by atoms with van der Waals surface area (Å²) in [5.74, 6) is 1.13. The van der Waals surface area contributed by atoms with Gasteiger partial charge in [0, 0.05) is 17.1 Å². The first kappa shape index (κ1) is 13.9. The van der Waals surface area contributed by atoms with Gasteiger partial charge in [0.25, 0.3) is 0 Å². The highest BCUT2D eigenvalue weighted by molar-refractivity contribution is 7.13. The van der Waals surface area contributed by atoms with E-state index in [1.54, 1.807) is 11.3 Å². The Kier molecular flexibility index (Phi) is 3.64. The van der Waals surface area contributed by atoms with Gasteiger partial charge in [0.05, 0.1) is 10.6 Å². The molecule has 0 atom stereocenters. The molecule has 0 spiro atoms. The normalized spacial score (nSPS) is 14.2. The molecule has 0 saturated carbocycles. The lowest BCUT2D eigenvalue weighted by Gasteiger charge is -2.09. The number of halogens is 1. The van der Waals surface area contributed by atoms with Crippen molar-refractivity contribution in [2.75, 3.05) is 11.9 Å². The maximum absolute atomic E-state index is 6.01. The number of nitrogens with one attached hydrogen (secondary N) is 1. The van der Waals surface area contributed by atoms with Crippen LogP contribution in [0.25, 0.3) is 16.3 Å². The van der Waals surface area contributed by atoms with Crippen molar-refractivity contribution in [3.8, 4) is 16.3 Å². The Hall–Kier alpha value is -1.78. The predicted molar refractivity (Wildman–Crippen MR) is 93.3 cm³/mol. The lowest BCUT2D eigenvalue weighted by molar-refractivity contribution is 0.780. The zero-order valence-electron chi connectivity index (χ0n) is 12.1. The third kappa shape index (κ3) is 2.42. The lowest BCUT2D eigenvalue weighted by Crippen LogP contribution is -2.06. The lowest BCUT2D eigenvalue weighted by atomic mass is 10.1. The van der Waals surface area contributed by atoms with Crippen molar-refractivity contribution in [3.05, 3.63) is 52.4 Å². The summed E-state index contributed by atoms with van der Waals surface area (Å²) >= 11 is 7.75. The van der Waals surface area contributed by atoms with E-state index in [1.165, 1.54) is 23.3 Å². The molecule has 0 saturated heterocycles. The average molecular weight is 330 g/mol. The van der Waals surface area contributed by atoms with Gasteiger partial charge in [-0.2, -0.15) is 5.10 Å². The van der Waals surface area contributed by atoms with Gasteiger partial charge in [0.15, 0.2) is 0 Å². The third-order valence-corrected chi connectivity index (χ3v) is 5.08. The highest BCUT2D eigenvalue weighted by Gasteiger charge is 2.21. The Morgan fingerprint density at radius 3 is 2.77 bits per heavy atom. The number of fused-ring (bicyclic) bond motifs is 1. The number of rotatable bonds is 2. The van der Waals surface area contributed by atoms with Crippen LogP contribution in [-0.4, -0.2) is 16.3 Å². The number of benzene rings is 1. The van der Waals surface area contributed by atoms with Gasteiger partial charge in [-0.15, -0.1) is 11.3 Å². The molecule has 0 bridgehead atoms. The topological polar surface area (TPSA) is 29.9 Å². The van der Waals surface area contributed by atoms with E-state index in [1.807, 2.05) is 28.9 Å². The third-order valence-electron chi connectivity index (χ3n) is 3.96. The maximum atomic E-state index is 6.01. The van der Waals surface area contributed by atoms with Gasteiger partial charge < -0.3 is 5.32 Å². The van der Waals surface area contributed by atoms with E-state index in [0.29, 0.717) is 0 Å². The van der Waals surface area contributed by atoms with Crippen molar-refractivity contribution in [1.29, 1.82) is 0 Å². The molecule has 3 nitrogen and oxygen atoms in total. The second-order valence-corrected chi connectivity index (χ2v) is 6.81. The fourth-order valence-corrected chi connectivity index (χ4v) is 3.75. The Morgan fingerprint density at radius 2 is 2.00 bits per heavy atom. The minimum absolute atomic E-state index is 0.744. The van der Waals surface area contributed by atoms with Crippen LogP contribution in [0.4, 0.5) is 5.82 Å². The first-order valence-corrected chi connectivity index (χ1v) is 8.74. The molecule has 3 aromatic rings. The fraction of sp³-hybridized carbons (Fsp3) is 0.235. The van der Waals surface area contributed by atoms with Gasteiger partial charge in [-0.05, 0) is 55.0 Å². The van der Waals surface area contributed by atoms with Crippen molar-refractivity contribution in [1.82, 2.24) is 9.78 Å². The second-order valence-electron chi connectivity index (χ2n) is 5.43. The van der Waals surface area contributed by atoms with Crippen LogP contribution < -0.4 is 5.32 Å². The van der Waals surface area contributed by atoms with Crippen molar-refractivity contribution >= 4 is 28.8 Å². The molecule has 1 aliphatic heterocycles. The van der Waals surface area contributed by atoms with Crippen LogP contribution in [0.15, 0.2) is 41.8 Å². The summed E-state index contributed by atoms with van der Waals surface area (Å²) in [6.07, 6.45) is 3.47. The first-order chi connectivity index (χ1) is 10.8. The van der Waals surface area contributed by atoms with Gasteiger partial charge in [-0.3, -0.25) is 0 Å². The van der Waals surface area contributed by atoms with Crippen LogP contribution in [0.5, 0.6) is 0 Å². The van der Waals surface area contributed by atoms with Crippen LogP contribution >= 0.6 is 22.9 Å². The van der Waals surface area contributed by atoms with Crippen molar-refractivity contribution in [3.63, 3.8) is 0 Å². The number of anilines is 1. The molecule has 22 heavy (non-hydrogen) atoms. The molecule has 5 heteroatoms. The molecule has 1 N–H and O–H groups in total. The van der Waals surface area contributed by atoms with Crippen LogP contribution in [-0.2, 0) is 6.42 Å². The van der Waals surface area contributed by atoms with Crippen molar-refractivity contribution in [2.45, 2.75) is 19.3 Å². The quantitative estimate of drug-likeness (QED) is 0.716. The standard InChI is InChI=1S/C17H16ClN3S/c18-12-6-8-13(9-7-12)21-17-14(4-1-2-10-19-17)16(20-21)15-5-3-11-22-15/h3,5-9,11,19H,1-2,4,10H2. The monoisotopic (exact) mass is 329 g/mol. The van der Waals surface area contributed by atoms with Crippen molar-refractivity contribution < 1.29 is 0 Å². The van der Waals surface area contributed by atoms with Gasteiger partial charge in [0.1, 0.15) is 11.5 Å². The molecule has 0 unspecified atom stereocenters. The molecule has 0 aliphatic carbocycles. The largest absolute Gasteiger partial charge is 0.370 e. The van der Waals surface area contributed by atoms with Crippen LogP contribution in [0, 0.1) is 0 Å². The molecular weight excluding hydrogens is 314 g/mol. The number of thiophene rings is 1. The molecule has 1 aromatic carbocycles. The number of aromatic nitrogens is 2.